The molecule has 0 bridgehead atoms. The van der Waals surface area contributed by atoms with Gasteiger partial charge in [0.1, 0.15) is 11.6 Å². The molecule has 1 saturated carbocycles. The number of fused-ring (bicyclic) bond motifs is 1. The molecule has 24 heavy (non-hydrogen) atoms. The second-order valence-corrected chi connectivity index (χ2v) is 6.70. The van der Waals surface area contributed by atoms with Crippen molar-refractivity contribution < 1.29 is 9.59 Å². The lowest BCUT2D eigenvalue weighted by molar-refractivity contribution is -0.131. The Morgan fingerprint density at radius 2 is 2.08 bits per heavy atom. The van der Waals surface area contributed by atoms with Crippen LogP contribution in [0, 0.1) is 0 Å². The van der Waals surface area contributed by atoms with Crippen LogP contribution in [0.2, 0.25) is 0 Å². The number of carbonyl (C=O) groups is 2. The number of amides is 2. The van der Waals surface area contributed by atoms with Crippen LogP contribution >= 0.6 is 0 Å². The maximum atomic E-state index is 12.6. The van der Waals surface area contributed by atoms with Crippen molar-refractivity contribution in [2.75, 3.05) is 13.1 Å². The molecule has 0 aromatic carbocycles. The van der Waals surface area contributed by atoms with E-state index in [1.54, 1.807) is 19.3 Å². The highest BCUT2D eigenvalue weighted by Crippen LogP contribution is 2.39. The second kappa shape index (κ2) is 5.89. The number of rotatable bonds is 4. The summed E-state index contributed by atoms with van der Waals surface area (Å²) in [6.45, 7) is 3.29. The molecule has 0 unspecified atom stereocenters. The number of nitrogens with one attached hydrogen (secondary N) is 2. The third-order valence-corrected chi connectivity index (χ3v) is 4.78. The number of carbonyl (C=O) groups excluding carboxylic acids is 2. The predicted molar refractivity (Wildman–Crippen MR) is 88.6 cm³/mol. The van der Waals surface area contributed by atoms with Crippen molar-refractivity contribution in [1.29, 1.82) is 0 Å². The van der Waals surface area contributed by atoms with E-state index >= 15 is 0 Å². The summed E-state index contributed by atoms with van der Waals surface area (Å²) in [5.41, 5.74) is 2.57. The van der Waals surface area contributed by atoms with Crippen LogP contribution in [0.5, 0.6) is 0 Å². The zero-order valence-electron chi connectivity index (χ0n) is 13.7. The summed E-state index contributed by atoms with van der Waals surface area (Å²) in [5.74, 6) is 0.164. The third-order valence-electron chi connectivity index (χ3n) is 4.78. The first-order chi connectivity index (χ1) is 11.6. The maximum Gasteiger partial charge on any atom is 0.255 e. The minimum atomic E-state index is -0.542. The first kappa shape index (κ1) is 15.1. The van der Waals surface area contributed by atoms with Crippen molar-refractivity contribution in [2.45, 2.75) is 44.6 Å². The van der Waals surface area contributed by atoms with Crippen LogP contribution in [-0.2, 0) is 4.79 Å². The van der Waals surface area contributed by atoms with E-state index in [-0.39, 0.29) is 11.8 Å². The van der Waals surface area contributed by atoms with Crippen LogP contribution in [0.1, 0.15) is 54.6 Å². The van der Waals surface area contributed by atoms with Crippen molar-refractivity contribution in [2.24, 2.45) is 0 Å². The van der Waals surface area contributed by atoms with Gasteiger partial charge in [-0.2, -0.15) is 0 Å². The summed E-state index contributed by atoms with van der Waals surface area (Å²) in [4.78, 5) is 38.7. The number of hydrogen-bond donors (Lipinski definition) is 2. The van der Waals surface area contributed by atoms with Gasteiger partial charge in [-0.3, -0.25) is 9.59 Å². The average Bonchev–Trinajstić information content (AvgIpc) is 3.12. The lowest BCUT2D eigenvalue weighted by atomic mass is 10.2. The molecule has 7 nitrogen and oxygen atoms in total. The summed E-state index contributed by atoms with van der Waals surface area (Å²) >= 11 is 0. The van der Waals surface area contributed by atoms with E-state index in [2.05, 4.69) is 20.3 Å². The highest BCUT2D eigenvalue weighted by molar-refractivity contribution is 6.05. The summed E-state index contributed by atoms with van der Waals surface area (Å²) in [5, 5.41) is 2.80. The minimum absolute atomic E-state index is 0.0227. The zero-order valence-corrected chi connectivity index (χ0v) is 13.7. The molecule has 4 rings (SSSR count). The Balaban J connectivity index is 1.52. The topological polar surface area (TPSA) is 91.0 Å². The number of nitrogens with zero attached hydrogens (tertiary/aromatic N) is 3. The number of aromatic amines is 1. The van der Waals surface area contributed by atoms with E-state index in [1.165, 1.54) is 0 Å². The van der Waals surface area contributed by atoms with Gasteiger partial charge in [0.05, 0.1) is 17.5 Å². The molecule has 0 spiro atoms. The Hall–Kier alpha value is -2.44. The van der Waals surface area contributed by atoms with Gasteiger partial charge in [-0.05, 0) is 32.6 Å². The van der Waals surface area contributed by atoms with Crippen molar-refractivity contribution in [3.8, 4) is 0 Å². The van der Waals surface area contributed by atoms with E-state index in [4.69, 9.17) is 0 Å². The smallest absolute Gasteiger partial charge is 0.255 e. The minimum Gasteiger partial charge on any atom is -0.344 e. The summed E-state index contributed by atoms with van der Waals surface area (Å²) < 4.78 is 0. The number of likely N-dealkylation sites (tertiary alicyclic amines) is 1. The second-order valence-electron chi connectivity index (χ2n) is 6.70. The maximum absolute atomic E-state index is 12.6. The number of hydrogen-bond acceptors (Lipinski definition) is 4. The molecule has 3 heterocycles. The molecule has 2 aromatic rings. The predicted octanol–water partition coefficient (Wildman–Crippen LogP) is 1.58. The van der Waals surface area contributed by atoms with Crippen molar-refractivity contribution in [3.63, 3.8) is 0 Å². The normalized spacial score (nSPS) is 18.8. The van der Waals surface area contributed by atoms with Gasteiger partial charge in [-0.15, -0.1) is 0 Å². The molecule has 1 aliphatic carbocycles. The first-order valence-electron chi connectivity index (χ1n) is 8.57. The van der Waals surface area contributed by atoms with Gasteiger partial charge in [0.15, 0.2) is 5.65 Å². The Kier molecular flexibility index (Phi) is 3.70. The van der Waals surface area contributed by atoms with Crippen LogP contribution in [0.25, 0.3) is 11.2 Å². The summed E-state index contributed by atoms with van der Waals surface area (Å²) in [6.07, 6.45) is 7.73. The lowest BCUT2D eigenvalue weighted by Crippen LogP contribution is -2.45. The van der Waals surface area contributed by atoms with E-state index in [0.717, 1.165) is 44.5 Å². The van der Waals surface area contributed by atoms with Crippen LogP contribution < -0.4 is 5.32 Å². The lowest BCUT2D eigenvalue weighted by Gasteiger charge is -2.20. The Bertz CT molecular complexity index is 789. The van der Waals surface area contributed by atoms with Gasteiger partial charge in [-0.1, -0.05) is 0 Å². The van der Waals surface area contributed by atoms with Crippen LogP contribution in [0.3, 0.4) is 0 Å². The zero-order chi connectivity index (χ0) is 16.7. The van der Waals surface area contributed by atoms with Gasteiger partial charge in [0, 0.05) is 25.2 Å². The van der Waals surface area contributed by atoms with E-state index in [0.29, 0.717) is 22.6 Å². The molecule has 0 radical (unpaired) electrons. The van der Waals surface area contributed by atoms with E-state index in [9.17, 15) is 9.59 Å². The monoisotopic (exact) mass is 327 g/mol. The molecule has 2 aliphatic rings. The highest BCUT2D eigenvalue weighted by atomic mass is 16.2. The molecule has 126 valence electrons. The first-order valence-corrected chi connectivity index (χ1v) is 8.57. The van der Waals surface area contributed by atoms with Crippen molar-refractivity contribution in [1.82, 2.24) is 25.2 Å². The number of aromatic nitrogens is 3. The Morgan fingerprint density at radius 3 is 2.79 bits per heavy atom. The fourth-order valence-corrected chi connectivity index (χ4v) is 3.20. The van der Waals surface area contributed by atoms with Crippen molar-refractivity contribution >= 4 is 23.0 Å². The molecule has 1 aliphatic heterocycles. The quantitative estimate of drug-likeness (QED) is 0.892. The highest BCUT2D eigenvalue weighted by Gasteiger charge is 2.28. The number of H-pyrrole nitrogens is 1. The largest absolute Gasteiger partial charge is 0.344 e. The average molecular weight is 327 g/mol. The summed E-state index contributed by atoms with van der Waals surface area (Å²) in [7, 11) is 0. The van der Waals surface area contributed by atoms with Gasteiger partial charge in [0.25, 0.3) is 5.91 Å². The van der Waals surface area contributed by atoms with E-state index in [1.807, 2.05) is 4.90 Å². The van der Waals surface area contributed by atoms with Gasteiger partial charge < -0.3 is 15.2 Å². The molecule has 1 saturated heterocycles. The molecule has 2 N–H and O–H groups in total. The molecular formula is C17H21N5O2. The Morgan fingerprint density at radius 1 is 1.33 bits per heavy atom. The Labute approximate surface area is 139 Å². The molecule has 2 amide bonds. The van der Waals surface area contributed by atoms with Gasteiger partial charge >= 0.3 is 0 Å². The van der Waals surface area contributed by atoms with Crippen LogP contribution in [0.4, 0.5) is 0 Å². The fraction of sp³-hybridized carbons (Fsp3) is 0.529. The molecule has 7 heteroatoms. The van der Waals surface area contributed by atoms with Crippen molar-refractivity contribution in [3.05, 3.63) is 23.7 Å². The molecule has 1 atom stereocenters. The molecule has 2 fully saturated rings. The molecular weight excluding hydrogens is 306 g/mol. The van der Waals surface area contributed by atoms with E-state index < -0.39 is 6.04 Å². The van der Waals surface area contributed by atoms with Crippen LogP contribution in [0.15, 0.2) is 12.4 Å². The molecule has 2 aromatic heterocycles. The third kappa shape index (κ3) is 2.74. The van der Waals surface area contributed by atoms with Gasteiger partial charge in [0.2, 0.25) is 5.91 Å². The summed E-state index contributed by atoms with van der Waals surface area (Å²) in [6, 6.07) is -0.542. The van der Waals surface area contributed by atoms with Gasteiger partial charge in [-0.25, -0.2) is 9.97 Å². The SMILES string of the molecule is C[C@H](NC(=O)c1c[nH]c2ncc(C3CC3)nc12)C(=O)N1CCCC1. The standard InChI is InChI=1S/C17H21N5O2/c1-10(17(24)22-6-2-3-7-22)20-16(23)12-8-18-15-14(12)21-13(9-19-15)11-4-5-11/h8-11H,2-7H2,1H3,(H,18,19)(H,20,23)/t10-/m0/s1. The van der Waals surface area contributed by atoms with Crippen LogP contribution in [-0.4, -0.2) is 50.8 Å². The fourth-order valence-electron chi connectivity index (χ4n) is 3.20.